The second kappa shape index (κ2) is 6.64. The molecule has 3 aromatic rings. The molecule has 0 spiro atoms. The van der Waals surface area contributed by atoms with Crippen LogP contribution in [-0.2, 0) is 6.54 Å². The summed E-state index contributed by atoms with van der Waals surface area (Å²) in [7, 11) is 0. The number of fused-ring (bicyclic) bond motifs is 1. The monoisotopic (exact) mass is 380 g/mol. The van der Waals surface area contributed by atoms with E-state index in [1.807, 2.05) is 0 Å². The molecule has 0 fully saturated rings. The largest absolute Gasteiger partial charge is 0.406 e. The minimum Gasteiger partial charge on any atom is -0.345 e. The van der Waals surface area contributed by atoms with Gasteiger partial charge in [-0.1, -0.05) is 6.07 Å². The topological polar surface area (TPSA) is 82.7 Å². The van der Waals surface area contributed by atoms with E-state index in [1.54, 1.807) is 25.1 Å². The molecule has 6 nitrogen and oxygen atoms in total. The van der Waals surface area contributed by atoms with Gasteiger partial charge in [-0.05, 0) is 44.5 Å². The molecule has 0 aliphatic rings. The lowest BCUT2D eigenvalue weighted by atomic mass is 10.1. The number of carbonyl (C=O) groups is 1. The van der Waals surface area contributed by atoms with Crippen molar-refractivity contribution in [3.8, 4) is 0 Å². The lowest BCUT2D eigenvalue weighted by molar-refractivity contribution is -0.141. The van der Waals surface area contributed by atoms with Crippen LogP contribution < -0.4 is 11.0 Å². The molecule has 2 heterocycles. The number of amides is 1. The lowest BCUT2D eigenvalue weighted by Crippen LogP contribution is -2.27. The van der Waals surface area contributed by atoms with Crippen molar-refractivity contribution in [3.05, 3.63) is 57.3 Å². The van der Waals surface area contributed by atoms with Crippen LogP contribution in [0.15, 0.2) is 29.1 Å². The number of aromatic amines is 2. The Morgan fingerprint density at radius 3 is 2.52 bits per heavy atom. The average molecular weight is 380 g/mol. The summed E-state index contributed by atoms with van der Waals surface area (Å²) in [6.07, 6.45) is -4.36. The number of rotatable bonds is 4. The van der Waals surface area contributed by atoms with Crippen molar-refractivity contribution in [3.63, 3.8) is 0 Å². The van der Waals surface area contributed by atoms with Crippen molar-refractivity contribution in [1.82, 2.24) is 19.9 Å². The number of nitrogens with one attached hydrogen (secondary N) is 3. The van der Waals surface area contributed by atoms with Gasteiger partial charge in [0.15, 0.2) is 0 Å². The highest BCUT2D eigenvalue weighted by Crippen LogP contribution is 2.24. The van der Waals surface area contributed by atoms with Crippen LogP contribution in [0.5, 0.6) is 0 Å². The van der Waals surface area contributed by atoms with Gasteiger partial charge in [0.05, 0.1) is 22.6 Å². The molecule has 0 aliphatic carbocycles. The Morgan fingerprint density at radius 2 is 1.85 bits per heavy atom. The quantitative estimate of drug-likeness (QED) is 0.649. The molecule has 2 aromatic heterocycles. The number of aromatic nitrogens is 3. The van der Waals surface area contributed by atoms with E-state index in [4.69, 9.17) is 0 Å². The summed E-state index contributed by atoms with van der Waals surface area (Å²) in [5.41, 5.74) is 2.54. The lowest BCUT2D eigenvalue weighted by Gasteiger charge is -2.15. The SMILES string of the molecule is Cc1cc(C(=O)N[C@H](C)c2ccc3[nH]c(=O)[nH]c3c2)c(C)n1CC(F)(F)F. The second-order valence-corrected chi connectivity index (χ2v) is 6.57. The zero-order valence-corrected chi connectivity index (χ0v) is 15.0. The van der Waals surface area contributed by atoms with E-state index < -0.39 is 24.7 Å². The molecule has 0 unspecified atom stereocenters. The Balaban J connectivity index is 1.81. The van der Waals surface area contributed by atoms with Crippen LogP contribution in [0.2, 0.25) is 0 Å². The summed E-state index contributed by atoms with van der Waals surface area (Å²) in [4.78, 5) is 29.2. The molecule has 3 N–H and O–H groups in total. The molecule has 1 amide bonds. The van der Waals surface area contributed by atoms with Crippen molar-refractivity contribution in [2.45, 2.75) is 39.5 Å². The third kappa shape index (κ3) is 3.91. The normalized spacial score (nSPS) is 13.1. The molecule has 27 heavy (non-hydrogen) atoms. The number of aryl methyl sites for hydroxylation is 1. The number of alkyl halides is 3. The fraction of sp³-hybridized carbons (Fsp3) is 0.333. The van der Waals surface area contributed by atoms with Gasteiger partial charge in [-0.2, -0.15) is 13.2 Å². The van der Waals surface area contributed by atoms with Crippen molar-refractivity contribution in [1.29, 1.82) is 0 Å². The Bertz CT molecular complexity index is 1060. The molecule has 3 rings (SSSR count). The molecule has 0 aliphatic heterocycles. The van der Waals surface area contributed by atoms with Crippen LogP contribution >= 0.6 is 0 Å². The van der Waals surface area contributed by atoms with E-state index in [9.17, 15) is 22.8 Å². The van der Waals surface area contributed by atoms with Gasteiger partial charge in [0.1, 0.15) is 6.54 Å². The Morgan fingerprint density at radius 1 is 1.19 bits per heavy atom. The average Bonchev–Trinajstić information content (AvgIpc) is 3.06. The molecular formula is C18H19F3N4O2. The molecule has 0 bridgehead atoms. The Hall–Kier alpha value is -2.97. The van der Waals surface area contributed by atoms with Gasteiger partial charge in [-0.15, -0.1) is 0 Å². The van der Waals surface area contributed by atoms with Crippen LogP contribution in [0.25, 0.3) is 11.0 Å². The molecule has 1 aromatic carbocycles. The number of carbonyl (C=O) groups excluding carboxylic acids is 1. The minimum atomic E-state index is -4.36. The van der Waals surface area contributed by atoms with Crippen LogP contribution in [-0.4, -0.2) is 26.6 Å². The van der Waals surface area contributed by atoms with Crippen molar-refractivity contribution in [2.75, 3.05) is 0 Å². The molecular weight excluding hydrogens is 361 g/mol. The van der Waals surface area contributed by atoms with Crippen molar-refractivity contribution >= 4 is 16.9 Å². The highest BCUT2D eigenvalue weighted by atomic mass is 19.4. The molecule has 0 saturated carbocycles. The number of imidazole rings is 1. The fourth-order valence-corrected chi connectivity index (χ4v) is 3.13. The van der Waals surface area contributed by atoms with Gasteiger partial charge < -0.3 is 19.9 Å². The molecule has 144 valence electrons. The Kier molecular flexibility index (Phi) is 4.63. The van der Waals surface area contributed by atoms with Gasteiger partial charge in [-0.25, -0.2) is 4.79 Å². The van der Waals surface area contributed by atoms with Gasteiger partial charge >= 0.3 is 11.9 Å². The Labute approximate surface area is 152 Å². The van der Waals surface area contributed by atoms with E-state index >= 15 is 0 Å². The zero-order chi connectivity index (χ0) is 19.9. The summed E-state index contributed by atoms with van der Waals surface area (Å²) in [5.74, 6) is -0.452. The number of hydrogen-bond acceptors (Lipinski definition) is 2. The highest BCUT2D eigenvalue weighted by molar-refractivity contribution is 5.96. The maximum Gasteiger partial charge on any atom is 0.406 e. The van der Waals surface area contributed by atoms with Crippen molar-refractivity contribution in [2.24, 2.45) is 0 Å². The molecule has 9 heteroatoms. The zero-order valence-electron chi connectivity index (χ0n) is 15.0. The van der Waals surface area contributed by atoms with E-state index in [1.165, 1.54) is 19.9 Å². The minimum absolute atomic E-state index is 0.208. The van der Waals surface area contributed by atoms with Gasteiger partial charge in [-0.3, -0.25) is 4.79 Å². The van der Waals surface area contributed by atoms with Gasteiger partial charge in [0.2, 0.25) is 0 Å². The number of nitrogens with zero attached hydrogens (tertiary/aromatic N) is 1. The third-order valence-corrected chi connectivity index (χ3v) is 4.54. The van der Waals surface area contributed by atoms with Crippen LogP contribution in [0.4, 0.5) is 13.2 Å². The number of hydrogen-bond donors (Lipinski definition) is 3. The van der Waals surface area contributed by atoms with E-state index in [2.05, 4.69) is 15.3 Å². The first kappa shape index (κ1) is 18.8. The molecule has 1 atom stereocenters. The predicted molar refractivity (Wildman–Crippen MR) is 94.8 cm³/mol. The van der Waals surface area contributed by atoms with Gasteiger partial charge in [0, 0.05) is 11.4 Å². The van der Waals surface area contributed by atoms with Crippen LogP contribution in [0, 0.1) is 13.8 Å². The molecule has 0 radical (unpaired) electrons. The first-order valence-corrected chi connectivity index (χ1v) is 8.31. The number of benzene rings is 1. The number of halogens is 3. The summed E-state index contributed by atoms with van der Waals surface area (Å²) in [5, 5.41) is 2.79. The maximum atomic E-state index is 12.7. The summed E-state index contributed by atoms with van der Waals surface area (Å²) in [6.45, 7) is 3.66. The summed E-state index contributed by atoms with van der Waals surface area (Å²) < 4.78 is 39.2. The third-order valence-electron chi connectivity index (χ3n) is 4.54. The van der Waals surface area contributed by atoms with E-state index in [-0.39, 0.29) is 16.9 Å². The first-order chi connectivity index (χ1) is 12.5. The second-order valence-electron chi connectivity index (χ2n) is 6.57. The van der Waals surface area contributed by atoms with E-state index in [0.29, 0.717) is 16.7 Å². The number of H-pyrrole nitrogens is 2. The standard InChI is InChI=1S/C18H19F3N4O2/c1-9-6-13(11(3)25(9)8-18(19,20)21)16(26)22-10(2)12-4-5-14-15(7-12)24-17(27)23-14/h4-7,10H,8H2,1-3H3,(H,22,26)(H2,23,24,27)/t10-/m1/s1. The van der Waals surface area contributed by atoms with Crippen LogP contribution in [0.1, 0.15) is 40.3 Å². The van der Waals surface area contributed by atoms with Crippen LogP contribution in [0.3, 0.4) is 0 Å². The summed E-state index contributed by atoms with van der Waals surface area (Å²) >= 11 is 0. The predicted octanol–water partition coefficient (Wildman–Crippen LogP) is 3.33. The smallest absolute Gasteiger partial charge is 0.345 e. The highest BCUT2D eigenvalue weighted by Gasteiger charge is 2.30. The van der Waals surface area contributed by atoms with Gasteiger partial charge in [0.25, 0.3) is 5.91 Å². The van der Waals surface area contributed by atoms with E-state index in [0.717, 1.165) is 10.1 Å². The fourth-order valence-electron chi connectivity index (χ4n) is 3.13. The first-order valence-electron chi connectivity index (χ1n) is 8.31. The summed E-state index contributed by atoms with van der Waals surface area (Å²) in [6, 6.07) is 6.29. The maximum absolute atomic E-state index is 12.7. The molecule has 0 saturated heterocycles. The van der Waals surface area contributed by atoms with Crippen molar-refractivity contribution < 1.29 is 18.0 Å².